The largest absolute Gasteiger partial charge is 0.472 e. The predicted octanol–water partition coefficient (Wildman–Crippen LogP) is 2.63. The van der Waals surface area contributed by atoms with E-state index in [9.17, 15) is 24.5 Å². The zero-order valence-corrected chi connectivity index (χ0v) is 16.9. The second-order valence-electron chi connectivity index (χ2n) is 6.78. The molecule has 2 heterocycles. The molecule has 0 radical (unpaired) electrons. The molecule has 0 aromatic heterocycles. The molecule has 3 amide bonds. The van der Waals surface area contributed by atoms with Crippen molar-refractivity contribution in [1.29, 1.82) is 0 Å². The number of nitrogens with zero attached hydrogens (tertiary/aromatic N) is 3. The molecule has 1 unspecified atom stereocenters. The van der Waals surface area contributed by atoms with E-state index in [1.54, 1.807) is 0 Å². The van der Waals surface area contributed by atoms with Gasteiger partial charge in [-0.3, -0.25) is 29.4 Å². The van der Waals surface area contributed by atoms with E-state index in [0.29, 0.717) is 0 Å². The highest BCUT2D eigenvalue weighted by molar-refractivity contribution is 8.15. The van der Waals surface area contributed by atoms with Gasteiger partial charge in [0.15, 0.2) is 12.2 Å². The fourth-order valence-electron chi connectivity index (χ4n) is 3.17. The van der Waals surface area contributed by atoms with Crippen LogP contribution in [0.1, 0.15) is 15.9 Å². The Kier molecular flexibility index (Phi) is 5.87. The summed E-state index contributed by atoms with van der Waals surface area (Å²) in [5, 5.41) is 10.6. The number of carbonyl (C=O) groups excluding carboxylic acids is 3. The Morgan fingerprint density at radius 1 is 1.16 bits per heavy atom. The van der Waals surface area contributed by atoms with Crippen LogP contribution in [0.3, 0.4) is 0 Å². The molecule has 2 aromatic carbocycles. The number of rotatable bonds is 7. The minimum Gasteiger partial charge on any atom is -0.472 e. The first-order valence-electron chi connectivity index (χ1n) is 9.32. The maximum atomic E-state index is 12.6. The number of thioether (sulfide) groups is 1. The monoisotopic (exact) mass is 443 g/mol. The van der Waals surface area contributed by atoms with E-state index in [4.69, 9.17) is 9.47 Å². The van der Waals surface area contributed by atoms with Crippen molar-refractivity contribution in [2.75, 3.05) is 19.9 Å². The number of carbonyl (C=O) groups is 3. The summed E-state index contributed by atoms with van der Waals surface area (Å²) in [6.07, 6.45) is 0. The van der Waals surface area contributed by atoms with Gasteiger partial charge in [-0.2, -0.15) is 0 Å². The Hall–Kier alpha value is -3.44. The topological polar surface area (TPSA) is 119 Å². The van der Waals surface area contributed by atoms with E-state index in [2.05, 4.69) is 0 Å². The molecule has 0 saturated carbocycles. The first-order chi connectivity index (χ1) is 14.9. The SMILES string of the molecule is O=C1c2cc([N+](=O)[O-])ccc2OCN1CCOC1SC(=O)N(Cc2ccccc2)C1=O. The highest BCUT2D eigenvalue weighted by Crippen LogP contribution is 2.30. The molecular weight excluding hydrogens is 426 g/mol. The van der Waals surface area contributed by atoms with Crippen LogP contribution in [-0.2, 0) is 16.1 Å². The zero-order valence-electron chi connectivity index (χ0n) is 16.1. The first-order valence-corrected chi connectivity index (χ1v) is 10.2. The summed E-state index contributed by atoms with van der Waals surface area (Å²) in [6.45, 7) is 0.213. The number of nitro groups is 1. The van der Waals surface area contributed by atoms with Crippen molar-refractivity contribution in [2.45, 2.75) is 12.0 Å². The standard InChI is InChI=1S/C20H17N3O7S/c24-17-15-10-14(23(27)28)6-7-16(15)30-12-21(17)8-9-29-19-18(25)22(20(26)31-19)11-13-4-2-1-3-5-13/h1-7,10,19H,8-9,11-12H2. The number of hydrogen-bond donors (Lipinski definition) is 0. The van der Waals surface area contributed by atoms with E-state index in [1.807, 2.05) is 30.3 Å². The lowest BCUT2D eigenvalue weighted by Crippen LogP contribution is -2.41. The second kappa shape index (κ2) is 8.74. The lowest BCUT2D eigenvalue weighted by Gasteiger charge is -2.28. The van der Waals surface area contributed by atoms with Crippen molar-refractivity contribution in [2.24, 2.45) is 0 Å². The Bertz CT molecular complexity index is 1050. The molecule has 0 N–H and O–H groups in total. The Labute approximate surface area is 180 Å². The van der Waals surface area contributed by atoms with E-state index in [0.717, 1.165) is 22.2 Å². The highest BCUT2D eigenvalue weighted by atomic mass is 32.2. The second-order valence-corrected chi connectivity index (χ2v) is 7.79. The first kappa shape index (κ1) is 20.8. The van der Waals surface area contributed by atoms with Gasteiger partial charge in [0.25, 0.3) is 22.7 Å². The highest BCUT2D eigenvalue weighted by Gasteiger charge is 2.40. The minimum absolute atomic E-state index is 0.00474. The maximum Gasteiger partial charge on any atom is 0.291 e. The Morgan fingerprint density at radius 2 is 1.94 bits per heavy atom. The summed E-state index contributed by atoms with van der Waals surface area (Å²) in [6, 6.07) is 13.0. The lowest BCUT2D eigenvalue weighted by atomic mass is 10.1. The van der Waals surface area contributed by atoms with Crippen molar-refractivity contribution in [3.8, 4) is 5.75 Å². The van der Waals surface area contributed by atoms with Gasteiger partial charge in [0.05, 0.1) is 23.6 Å². The summed E-state index contributed by atoms with van der Waals surface area (Å²) < 4.78 is 11.0. The average Bonchev–Trinajstić information content (AvgIpc) is 3.03. The number of amides is 3. The summed E-state index contributed by atoms with van der Waals surface area (Å²) in [7, 11) is 0. The molecule has 2 aromatic rings. The third-order valence-corrected chi connectivity index (χ3v) is 5.75. The normalized spacial score (nSPS) is 18.2. The van der Waals surface area contributed by atoms with Gasteiger partial charge in [-0.05, 0) is 23.4 Å². The molecule has 0 spiro atoms. The molecule has 11 heteroatoms. The predicted molar refractivity (Wildman–Crippen MR) is 109 cm³/mol. The minimum atomic E-state index is -0.981. The number of non-ortho nitro benzene ring substituents is 1. The number of fused-ring (bicyclic) bond motifs is 1. The van der Waals surface area contributed by atoms with Crippen LogP contribution < -0.4 is 4.74 Å². The van der Waals surface area contributed by atoms with E-state index >= 15 is 0 Å². The summed E-state index contributed by atoms with van der Waals surface area (Å²) in [5.41, 5.74) is -0.269. The van der Waals surface area contributed by atoms with Crippen molar-refractivity contribution in [1.82, 2.24) is 9.80 Å². The lowest BCUT2D eigenvalue weighted by molar-refractivity contribution is -0.384. The maximum absolute atomic E-state index is 12.6. The van der Waals surface area contributed by atoms with Gasteiger partial charge >= 0.3 is 0 Å². The number of benzene rings is 2. The fraction of sp³-hybridized carbons (Fsp3) is 0.250. The van der Waals surface area contributed by atoms with Crippen LogP contribution in [0.15, 0.2) is 48.5 Å². The van der Waals surface area contributed by atoms with Crippen LogP contribution in [0, 0.1) is 10.1 Å². The molecule has 4 rings (SSSR count). The van der Waals surface area contributed by atoms with Crippen molar-refractivity contribution in [3.05, 3.63) is 69.8 Å². The molecule has 1 saturated heterocycles. The van der Waals surface area contributed by atoms with Crippen LogP contribution in [0.4, 0.5) is 10.5 Å². The molecule has 31 heavy (non-hydrogen) atoms. The smallest absolute Gasteiger partial charge is 0.291 e. The van der Waals surface area contributed by atoms with Gasteiger partial charge in [-0.25, -0.2) is 0 Å². The van der Waals surface area contributed by atoms with Crippen LogP contribution in [-0.4, -0.2) is 57.1 Å². The Balaban J connectivity index is 1.33. The summed E-state index contributed by atoms with van der Waals surface area (Å²) >= 11 is 0.788. The van der Waals surface area contributed by atoms with Gasteiger partial charge in [0.2, 0.25) is 0 Å². The van der Waals surface area contributed by atoms with Crippen molar-refractivity contribution < 1.29 is 28.8 Å². The quantitative estimate of drug-likeness (QED) is 0.473. The molecule has 1 fully saturated rings. The van der Waals surface area contributed by atoms with Gasteiger partial charge in [-0.1, -0.05) is 30.3 Å². The number of ether oxygens (including phenoxy) is 2. The molecule has 2 aliphatic heterocycles. The van der Waals surface area contributed by atoms with Crippen LogP contribution in [0.5, 0.6) is 5.75 Å². The summed E-state index contributed by atoms with van der Waals surface area (Å²) in [4.78, 5) is 50.1. The summed E-state index contributed by atoms with van der Waals surface area (Å²) in [5.74, 6) is -0.599. The Morgan fingerprint density at radius 3 is 2.68 bits per heavy atom. The van der Waals surface area contributed by atoms with Gasteiger partial charge in [-0.15, -0.1) is 0 Å². The van der Waals surface area contributed by atoms with Gasteiger partial charge in [0, 0.05) is 18.7 Å². The third kappa shape index (κ3) is 4.37. The van der Waals surface area contributed by atoms with Crippen molar-refractivity contribution in [3.63, 3.8) is 0 Å². The van der Waals surface area contributed by atoms with Gasteiger partial charge in [0.1, 0.15) is 5.75 Å². The molecule has 1 atom stereocenters. The third-order valence-electron chi connectivity index (χ3n) is 4.78. The fourth-order valence-corrected chi connectivity index (χ4v) is 4.03. The van der Waals surface area contributed by atoms with Crippen LogP contribution in [0.2, 0.25) is 0 Å². The van der Waals surface area contributed by atoms with E-state index in [1.165, 1.54) is 23.1 Å². The molecule has 0 aliphatic carbocycles. The van der Waals surface area contributed by atoms with E-state index < -0.39 is 27.4 Å². The van der Waals surface area contributed by atoms with Crippen molar-refractivity contribution >= 4 is 34.5 Å². The number of hydrogen-bond acceptors (Lipinski definition) is 8. The number of nitro benzene ring substituents is 1. The van der Waals surface area contributed by atoms with Gasteiger partial charge < -0.3 is 14.4 Å². The van der Waals surface area contributed by atoms with Crippen LogP contribution in [0.25, 0.3) is 0 Å². The molecule has 0 bridgehead atoms. The average molecular weight is 443 g/mol. The zero-order chi connectivity index (χ0) is 22.0. The van der Waals surface area contributed by atoms with E-state index in [-0.39, 0.29) is 43.4 Å². The van der Waals surface area contributed by atoms with Crippen LogP contribution >= 0.6 is 11.8 Å². The molecule has 2 aliphatic rings. The molecule has 160 valence electrons. The number of imide groups is 1. The molecule has 10 nitrogen and oxygen atoms in total. The molecular formula is C20H17N3O7S.